The van der Waals surface area contributed by atoms with Crippen LogP contribution in [0.1, 0.15) is 27.0 Å². The average molecular weight is 428 g/mol. The van der Waals surface area contributed by atoms with Gasteiger partial charge in [-0.3, -0.25) is 9.36 Å². The Labute approximate surface area is 157 Å². The number of carbonyl (C=O) groups is 1. The topological polar surface area (TPSA) is 124 Å². The van der Waals surface area contributed by atoms with Crippen molar-refractivity contribution >= 4 is 38.9 Å². The maximum atomic E-state index is 11.2. The van der Waals surface area contributed by atoms with E-state index in [1.54, 1.807) is 4.57 Å². The highest BCUT2D eigenvalue weighted by Crippen LogP contribution is 2.45. The fraction of sp³-hybridized carbons (Fsp3) is 0.600. The minimum atomic E-state index is -0.789. The molecule has 0 bridgehead atoms. The van der Waals surface area contributed by atoms with Crippen molar-refractivity contribution in [2.75, 3.05) is 12.3 Å². The maximum absolute atomic E-state index is 11.2. The summed E-state index contributed by atoms with van der Waals surface area (Å²) in [6.07, 6.45) is -0.551. The van der Waals surface area contributed by atoms with Gasteiger partial charge in [0, 0.05) is 6.92 Å². The number of nitrogens with zero attached hydrogens (tertiary/aromatic N) is 4. The van der Waals surface area contributed by atoms with Gasteiger partial charge in [-0.25, -0.2) is 15.0 Å². The Bertz CT molecular complexity index is 871. The van der Waals surface area contributed by atoms with Crippen molar-refractivity contribution in [1.29, 1.82) is 0 Å². The second-order valence-corrected chi connectivity index (χ2v) is 7.32. The normalized spacial score (nSPS) is 29.8. The standard InChI is InChI=1S/C15H18BrN5O5/c1-6(22)23-4-7-9-10(26-15(2,3)25-9)13(24-7)21-12-8(20-14(21)16)11(17)18-5-19-12/h5,7,9-10,13H,4H2,1-3H3,(H2,17,18,19)/t7-,9-,10+,13-/m0/s1. The van der Waals surface area contributed by atoms with Crippen LogP contribution in [0.4, 0.5) is 5.82 Å². The highest BCUT2D eigenvalue weighted by atomic mass is 79.9. The number of anilines is 1. The van der Waals surface area contributed by atoms with E-state index >= 15 is 0 Å². The number of ether oxygens (including phenoxy) is 4. The summed E-state index contributed by atoms with van der Waals surface area (Å²) < 4.78 is 25.5. The quantitative estimate of drug-likeness (QED) is 0.566. The summed E-state index contributed by atoms with van der Waals surface area (Å²) in [6, 6.07) is 0. The second-order valence-electron chi connectivity index (χ2n) is 6.61. The molecule has 4 rings (SSSR count). The van der Waals surface area contributed by atoms with Gasteiger partial charge in [-0.15, -0.1) is 0 Å². The van der Waals surface area contributed by atoms with Crippen molar-refractivity contribution in [3.63, 3.8) is 0 Å². The van der Waals surface area contributed by atoms with E-state index in [9.17, 15) is 4.79 Å². The van der Waals surface area contributed by atoms with Crippen LogP contribution in [0.2, 0.25) is 0 Å². The van der Waals surface area contributed by atoms with E-state index in [4.69, 9.17) is 24.7 Å². The average Bonchev–Trinajstić information content (AvgIpc) is 3.14. The highest BCUT2D eigenvalue weighted by Gasteiger charge is 2.56. The molecule has 0 saturated carbocycles. The predicted octanol–water partition coefficient (Wildman–Crippen LogP) is 1.15. The molecule has 2 aromatic heterocycles. The molecule has 4 atom stereocenters. The molecule has 140 valence electrons. The SMILES string of the molecule is CC(=O)OC[C@@H]1O[C@H](n2c(Br)nc3c(N)ncnc32)[C@@H]2OC(C)(C)O[C@H]21. The predicted molar refractivity (Wildman–Crippen MR) is 91.8 cm³/mol. The molecular weight excluding hydrogens is 410 g/mol. The molecule has 0 radical (unpaired) electrons. The lowest BCUT2D eigenvalue weighted by Gasteiger charge is -2.25. The third kappa shape index (κ3) is 2.84. The molecular formula is C15H18BrN5O5. The number of hydrogen-bond donors (Lipinski definition) is 1. The molecule has 2 aromatic rings. The minimum absolute atomic E-state index is 0.0633. The minimum Gasteiger partial charge on any atom is -0.463 e. The molecule has 0 amide bonds. The van der Waals surface area contributed by atoms with E-state index in [0.717, 1.165) is 0 Å². The van der Waals surface area contributed by atoms with Gasteiger partial charge in [0.2, 0.25) is 0 Å². The molecule has 2 N–H and O–H groups in total. The summed E-state index contributed by atoms with van der Waals surface area (Å²) in [6.45, 7) is 5.06. The Balaban J connectivity index is 1.73. The van der Waals surface area contributed by atoms with E-state index in [-0.39, 0.29) is 18.4 Å². The van der Waals surface area contributed by atoms with Gasteiger partial charge in [0.1, 0.15) is 31.2 Å². The Hall–Kier alpha value is -1.82. The molecule has 2 aliphatic rings. The lowest BCUT2D eigenvalue weighted by Crippen LogP contribution is -2.33. The van der Waals surface area contributed by atoms with E-state index < -0.39 is 30.3 Å². The van der Waals surface area contributed by atoms with Crippen LogP contribution in [0.5, 0.6) is 0 Å². The van der Waals surface area contributed by atoms with Crippen molar-refractivity contribution in [1.82, 2.24) is 19.5 Å². The first-order valence-electron chi connectivity index (χ1n) is 8.05. The summed E-state index contributed by atoms with van der Waals surface area (Å²) in [5, 5.41) is 0. The van der Waals surface area contributed by atoms with E-state index in [1.165, 1.54) is 13.3 Å². The van der Waals surface area contributed by atoms with Crippen LogP contribution in [-0.4, -0.2) is 56.2 Å². The molecule has 26 heavy (non-hydrogen) atoms. The summed E-state index contributed by atoms with van der Waals surface area (Å²) in [5.41, 5.74) is 6.86. The summed E-state index contributed by atoms with van der Waals surface area (Å²) >= 11 is 3.43. The number of nitrogen functional groups attached to an aromatic ring is 1. The molecule has 0 spiro atoms. The number of rotatable bonds is 3. The van der Waals surface area contributed by atoms with Gasteiger partial charge in [-0.1, -0.05) is 0 Å². The van der Waals surface area contributed by atoms with Gasteiger partial charge >= 0.3 is 5.97 Å². The Morgan fingerprint density at radius 3 is 2.85 bits per heavy atom. The Morgan fingerprint density at radius 2 is 2.12 bits per heavy atom. The van der Waals surface area contributed by atoms with Gasteiger partial charge in [0.05, 0.1) is 0 Å². The van der Waals surface area contributed by atoms with E-state index in [0.29, 0.717) is 15.9 Å². The molecule has 0 unspecified atom stereocenters. The van der Waals surface area contributed by atoms with Crippen LogP contribution < -0.4 is 5.73 Å². The van der Waals surface area contributed by atoms with Gasteiger partial charge in [-0.05, 0) is 29.8 Å². The second kappa shape index (κ2) is 6.12. The van der Waals surface area contributed by atoms with Crippen molar-refractivity contribution < 1.29 is 23.7 Å². The number of esters is 1. The fourth-order valence-electron chi connectivity index (χ4n) is 3.33. The zero-order valence-corrected chi connectivity index (χ0v) is 16.0. The van der Waals surface area contributed by atoms with Crippen LogP contribution in [-0.2, 0) is 23.7 Å². The molecule has 4 heterocycles. The first-order chi connectivity index (χ1) is 12.3. The van der Waals surface area contributed by atoms with E-state index in [1.807, 2.05) is 13.8 Å². The molecule has 2 saturated heterocycles. The number of imidazole rings is 1. The lowest BCUT2D eigenvalue weighted by molar-refractivity contribution is -0.202. The lowest BCUT2D eigenvalue weighted by atomic mass is 10.1. The molecule has 2 fully saturated rings. The number of fused-ring (bicyclic) bond motifs is 2. The van der Waals surface area contributed by atoms with Crippen LogP contribution in [0, 0.1) is 0 Å². The third-order valence-electron chi connectivity index (χ3n) is 4.29. The molecule has 2 aliphatic heterocycles. The number of nitrogens with two attached hydrogens (primary N) is 1. The molecule has 11 heteroatoms. The van der Waals surface area contributed by atoms with Gasteiger partial charge in [0.25, 0.3) is 0 Å². The van der Waals surface area contributed by atoms with Crippen molar-refractivity contribution in [2.24, 2.45) is 0 Å². The van der Waals surface area contributed by atoms with Gasteiger partial charge in [-0.2, -0.15) is 0 Å². The van der Waals surface area contributed by atoms with Gasteiger partial charge < -0.3 is 24.7 Å². The summed E-state index contributed by atoms with van der Waals surface area (Å²) in [5.74, 6) is -0.908. The van der Waals surface area contributed by atoms with Crippen LogP contribution >= 0.6 is 15.9 Å². The highest BCUT2D eigenvalue weighted by molar-refractivity contribution is 9.10. The van der Waals surface area contributed by atoms with Crippen LogP contribution in [0.25, 0.3) is 11.2 Å². The largest absolute Gasteiger partial charge is 0.463 e. The zero-order chi connectivity index (χ0) is 18.6. The number of hydrogen-bond acceptors (Lipinski definition) is 9. The fourth-order valence-corrected chi connectivity index (χ4v) is 3.87. The van der Waals surface area contributed by atoms with E-state index in [2.05, 4.69) is 30.9 Å². The van der Waals surface area contributed by atoms with Crippen LogP contribution in [0.3, 0.4) is 0 Å². The Kier molecular flexibility index (Phi) is 4.14. The zero-order valence-electron chi connectivity index (χ0n) is 14.4. The van der Waals surface area contributed by atoms with Crippen molar-refractivity contribution in [3.8, 4) is 0 Å². The van der Waals surface area contributed by atoms with Crippen molar-refractivity contribution in [3.05, 3.63) is 11.1 Å². The third-order valence-corrected chi connectivity index (χ3v) is 4.85. The maximum Gasteiger partial charge on any atom is 0.302 e. The number of aromatic nitrogens is 4. The first-order valence-corrected chi connectivity index (χ1v) is 8.84. The van der Waals surface area contributed by atoms with Crippen LogP contribution in [0.15, 0.2) is 11.1 Å². The Morgan fingerprint density at radius 1 is 1.38 bits per heavy atom. The number of carbonyl (C=O) groups excluding carboxylic acids is 1. The summed E-state index contributed by atoms with van der Waals surface area (Å²) in [4.78, 5) is 23.8. The molecule has 0 aliphatic carbocycles. The first kappa shape index (κ1) is 17.6. The molecule has 10 nitrogen and oxygen atoms in total. The number of halogens is 1. The monoisotopic (exact) mass is 427 g/mol. The van der Waals surface area contributed by atoms with Crippen molar-refractivity contribution in [2.45, 2.75) is 51.1 Å². The molecule has 0 aromatic carbocycles. The smallest absolute Gasteiger partial charge is 0.302 e. The van der Waals surface area contributed by atoms with Gasteiger partial charge in [0.15, 0.2) is 33.7 Å². The summed E-state index contributed by atoms with van der Waals surface area (Å²) in [7, 11) is 0.